The average molecular weight is 291 g/mol. The van der Waals surface area contributed by atoms with Crippen LogP contribution in [0, 0.1) is 6.92 Å². The molecule has 3 rings (SSSR count). The third-order valence-corrected chi connectivity index (χ3v) is 4.91. The van der Waals surface area contributed by atoms with E-state index in [9.17, 15) is 9.90 Å². The van der Waals surface area contributed by atoms with Crippen molar-refractivity contribution in [2.24, 2.45) is 0 Å². The number of thiophene rings is 1. The van der Waals surface area contributed by atoms with Gasteiger partial charge in [-0.2, -0.15) is 0 Å². The molecule has 1 atom stereocenters. The number of hydrogen-bond acceptors (Lipinski definition) is 5. The summed E-state index contributed by atoms with van der Waals surface area (Å²) in [7, 11) is 0. The topological polar surface area (TPSA) is 66.3 Å². The summed E-state index contributed by atoms with van der Waals surface area (Å²) in [5.74, 6) is 0.0225. The van der Waals surface area contributed by atoms with Gasteiger partial charge in [0.15, 0.2) is 5.82 Å². The molecule has 0 spiro atoms. The normalized spacial score (nSPS) is 20.1. The summed E-state index contributed by atoms with van der Waals surface area (Å²) in [6.45, 7) is 2.77. The number of carboxylic acid groups (broad SMARTS) is 1. The number of nitrogens with zero attached hydrogens (tertiary/aromatic N) is 3. The van der Waals surface area contributed by atoms with Gasteiger partial charge in [-0.05, 0) is 30.7 Å². The molecule has 1 saturated heterocycles. The minimum absolute atomic E-state index is 0.474. The summed E-state index contributed by atoms with van der Waals surface area (Å²) in [5, 5.41) is 11.5. The number of carboxylic acids is 1. The fraction of sp³-hybridized carbons (Fsp3) is 0.500. The van der Waals surface area contributed by atoms with E-state index in [1.807, 2.05) is 11.8 Å². The van der Waals surface area contributed by atoms with E-state index in [-0.39, 0.29) is 0 Å². The zero-order valence-corrected chi connectivity index (χ0v) is 12.2. The van der Waals surface area contributed by atoms with E-state index in [0.29, 0.717) is 6.42 Å². The first-order valence-electron chi connectivity index (χ1n) is 6.86. The number of fused-ring (bicyclic) bond motifs is 1. The predicted molar refractivity (Wildman–Crippen MR) is 79.4 cm³/mol. The molecule has 0 aliphatic carbocycles. The van der Waals surface area contributed by atoms with Crippen LogP contribution in [0.5, 0.6) is 0 Å². The molecule has 20 heavy (non-hydrogen) atoms. The summed E-state index contributed by atoms with van der Waals surface area (Å²) in [5.41, 5.74) is 2.06. The first-order valence-corrected chi connectivity index (χ1v) is 7.74. The van der Waals surface area contributed by atoms with Crippen LogP contribution in [0.25, 0.3) is 10.2 Å². The average Bonchev–Trinajstić information content (AvgIpc) is 2.68. The van der Waals surface area contributed by atoms with Gasteiger partial charge in [0, 0.05) is 6.54 Å². The number of rotatable bonds is 2. The number of hydrogen-bond donors (Lipinski definition) is 1. The molecule has 0 amide bonds. The van der Waals surface area contributed by atoms with Gasteiger partial charge in [-0.1, -0.05) is 12.8 Å². The van der Waals surface area contributed by atoms with Crippen molar-refractivity contribution in [3.63, 3.8) is 0 Å². The van der Waals surface area contributed by atoms with Crippen LogP contribution < -0.4 is 4.90 Å². The Balaban J connectivity index is 2.09. The number of aromatic nitrogens is 2. The van der Waals surface area contributed by atoms with E-state index in [1.165, 1.54) is 0 Å². The van der Waals surface area contributed by atoms with E-state index >= 15 is 0 Å². The van der Waals surface area contributed by atoms with Gasteiger partial charge < -0.3 is 10.0 Å². The van der Waals surface area contributed by atoms with Gasteiger partial charge in [0.05, 0.1) is 10.2 Å². The van der Waals surface area contributed by atoms with Crippen LogP contribution in [0.15, 0.2) is 11.7 Å². The molecular formula is C14H17N3O2S. The van der Waals surface area contributed by atoms with Crippen molar-refractivity contribution < 1.29 is 9.90 Å². The Morgan fingerprint density at radius 3 is 3.05 bits per heavy atom. The summed E-state index contributed by atoms with van der Waals surface area (Å²) < 4.78 is 0.998. The van der Waals surface area contributed by atoms with Crippen molar-refractivity contribution in [3.05, 3.63) is 17.3 Å². The molecule has 5 nitrogen and oxygen atoms in total. The van der Waals surface area contributed by atoms with Crippen molar-refractivity contribution in [2.45, 2.75) is 38.6 Å². The van der Waals surface area contributed by atoms with Crippen molar-refractivity contribution in [1.82, 2.24) is 9.97 Å². The molecule has 106 valence electrons. The Labute approximate surface area is 121 Å². The maximum absolute atomic E-state index is 11.6. The quantitative estimate of drug-likeness (QED) is 0.921. The second-order valence-corrected chi connectivity index (χ2v) is 6.07. The molecule has 0 saturated carbocycles. The molecule has 0 bridgehead atoms. The van der Waals surface area contributed by atoms with Crippen LogP contribution >= 0.6 is 11.3 Å². The first kappa shape index (κ1) is 13.3. The number of aryl methyl sites for hydroxylation is 1. The maximum atomic E-state index is 11.6. The summed E-state index contributed by atoms with van der Waals surface area (Å²) >= 11 is 1.60. The molecule has 6 heteroatoms. The largest absolute Gasteiger partial charge is 0.480 e. The lowest BCUT2D eigenvalue weighted by molar-refractivity contribution is -0.138. The highest BCUT2D eigenvalue weighted by molar-refractivity contribution is 7.18. The van der Waals surface area contributed by atoms with Gasteiger partial charge in [-0.3, -0.25) is 0 Å². The molecule has 1 aliphatic rings. The summed E-state index contributed by atoms with van der Waals surface area (Å²) in [6, 6.07) is -0.474. The van der Waals surface area contributed by atoms with E-state index < -0.39 is 12.0 Å². The highest BCUT2D eigenvalue weighted by atomic mass is 32.1. The minimum atomic E-state index is -0.757. The SMILES string of the molecule is Cc1csc2c(N3CCCCCC3C(=O)O)ncnc12. The molecule has 2 aromatic heterocycles. The fourth-order valence-corrected chi connectivity index (χ4v) is 3.79. The van der Waals surface area contributed by atoms with E-state index in [1.54, 1.807) is 17.7 Å². The second kappa shape index (κ2) is 5.36. The lowest BCUT2D eigenvalue weighted by Crippen LogP contribution is -2.41. The third-order valence-electron chi connectivity index (χ3n) is 3.82. The lowest BCUT2D eigenvalue weighted by Gasteiger charge is -2.28. The van der Waals surface area contributed by atoms with Crippen molar-refractivity contribution >= 4 is 33.3 Å². The standard InChI is InChI=1S/C14H17N3O2S/c1-9-7-20-12-11(9)15-8-16-13(12)17-6-4-2-3-5-10(17)14(18)19/h7-8,10H,2-6H2,1H3,(H,18,19). The number of aliphatic carboxylic acids is 1. The van der Waals surface area contributed by atoms with Crippen LogP contribution in [0.3, 0.4) is 0 Å². The van der Waals surface area contributed by atoms with Gasteiger partial charge in [-0.25, -0.2) is 14.8 Å². The molecule has 3 heterocycles. The Morgan fingerprint density at radius 2 is 2.25 bits per heavy atom. The molecule has 1 N–H and O–H groups in total. The zero-order valence-electron chi connectivity index (χ0n) is 11.4. The summed E-state index contributed by atoms with van der Waals surface area (Å²) in [6.07, 6.45) is 5.29. The Kier molecular flexibility index (Phi) is 3.56. The molecule has 2 aromatic rings. The third kappa shape index (κ3) is 2.24. The molecule has 1 unspecified atom stereocenters. The van der Waals surface area contributed by atoms with E-state index in [2.05, 4.69) is 15.3 Å². The maximum Gasteiger partial charge on any atom is 0.326 e. The Morgan fingerprint density at radius 1 is 1.40 bits per heavy atom. The Hall–Kier alpha value is -1.69. The van der Waals surface area contributed by atoms with Gasteiger partial charge in [-0.15, -0.1) is 11.3 Å². The van der Waals surface area contributed by atoms with Crippen LogP contribution in [0.1, 0.15) is 31.2 Å². The molecule has 1 aliphatic heterocycles. The molecule has 0 radical (unpaired) electrons. The predicted octanol–water partition coefficient (Wildman–Crippen LogP) is 2.83. The highest BCUT2D eigenvalue weighted by Gasteiger charge is 2.29. The van der Waals surface area contributed by atoms with E-state index in [0.717, 1.165) is 47.4 Å². The fourth-order valence-electron chi connectivity index (χ4n) is 2.78. The van der Waals surface area contributed by atoms with Gasteiger partial charge in [0.1, 0.15) is 12.4 Å². The second-order valence-electron chi connectivity index (χ2n) is 5.19. The number of carbonyl (C=O) groups is 1. The zero-order chi connectivity index (χ0) is 14.1. The van der Waals surface area contributed by atoms with Crippen molar-refractivity contribution in [3.8, 4) is 0 Å². The first-order chi connectivity index (χ1) is 9.68. The van der Waals surface area contributed by atoms with Crippen molar-refractivity contribution in [1.29, 1.82) is 0 Å². The van der Waals surface area contributed by atoms with Crippen LogP contribution in [0.2, 0.25) is 0 Å². The molecule has 0 aromatic carbocycles. The highest BCUT2D eigenvalue weighted by Crippen LogP contribution is 2.33. The van der Waals surface area contributed by atoms with Gasteiger partial charge >= 0.3 is 5.97 Å². The number of anilines is 1. The minimum Gasteiger partial charge on any atom is -0.480 e. The van der Waals surface area contributed by atoms with Crippen LogP contribution in [0.4, 0.5) is 5.82 Å². The molecular weight excluding hydrogens is 274 g/mol. The smallest absolute Gasteiger partial charge is 0.326 e. The Bertz CT molecular complexity index is 640. The van der Waals surface area contributed by atoms with Gasteiger partial charge in [0.2, 0.25) is 0 Å². The molecule has 1 fully saturated rings. The van der Waals surface area contributed by atoms with Crippen LogP contribution in [-0.4, -0.2) is 33.6 Å². The van der Waals surface area contributed by atoms with Crippen molar-refractivity contribution in [2.75, 3.05) is 11.4 Å². The lowest BCUT2D eigenvalue weighted by atomic mass is 10.1. The van der Waals surface area contributed by atoms with E-state index in [4.69, 9.17) is 0 Å². The monoisotopic (exact) mass is 291 g/mol. The van der Waals surface area contributed by atoms with Crippen LogP contribution in [-0.2, 0) is 4.79 Å². The summed E-state index contributed by atoms with van der Waals surface area (Å²) in [4.78, 5) is 22.2. The van der Waals surface area contributed by atoms with Gasteiger partial charge in [0.25, 0.3) is 0 Å².